The van der Waals surface area contributed by atoms with Crippen LogP contribution in [-0.4, -0.2) is 45.4 Å². The van der Waals surface area contributed by atoms with Crippen LogP contribution in [0.15, 0.2) is 35.4 Å². The molecule has 2 saturated heterocycles. The van der Waals surface area contributed by atoms with E-state index in [0.717, 1.165) is 25.9 Å². The number of rotatable bonds is 2. The largest absolute Gasteiger partial charge is 0.347 e. The molecule has 4 rings (SSSR count). The Kier molecular flexibility index (Phi) is 3.61. The molecule has 0 radical (unpaired) electrons. The summed E-state index contributed by atoms with van der Waals surface area (Å²) in [7, 11) is 0. The number of carbonyl (C=O) groups excluding carboxylic acids is 1. The number of pyridine rings is 1. The van der Waals surface area contributed by atoms with Crippen molar-refractivity contribution in [2.24, 2.45) is 0 Å². The fraction of sp³-hybridized carbons (Fsp3) is 0.471. The zero-order chi connectivity index (χ0) is 15.8. The van der Waals surface area contributed by atoms with Gasteiger partial charge in [0, 0.05) is 31.0 Å². The van der Waals surface area contributed by atoms with E-state index >= 15 is 0 Å². The third-order valence-electron chi connectivity index (χ3n) is 5.03. The van der Waals surface area contributed by atoms with Gasteiger partial charge >= 0.3 is 0 Å². The molecule has 0 spiro atoms. The minimum atomic E-state index is -0.313. The normalized spacial score (nSPS) is 24.5. The first kappa shape index (κ1) is 14.4. The van der Waals surface area contributed by atoms with Crippen LogP contribution in [0, 0.1) is 0 Å². The van der Waals surface area contributed by atoms with Gasteiger partial charge in [-0.25, -0.2) is 4.98 Å². The summed E-state index contributed by atoms with van der Waals surface area (Å²) in [6.07, 6.45) is 7.57. The monoisotopic (exact) mass is 312 g/mol. The summed E-state index contributed by atoms with van der Waals surface area (Å²) in [5.74, 6) is -0.307. The van der Waals surface area contributed by atoms with Crippen molar-refractivity contribution in [3.63, 3.8) is 0 Å². The van der Waals surface area contributed by atoms with Crippen molar-refractivity contribution >= 4 is 11.6 Å². The van der Waals surface area contributed by atoms with Gasteiger partial charge in [0.2, 0.25) is 0 Å². The molecule has 23 heavy (non-hydrogen) atoms. The van der Waals surface area contributed by atoms with Gasteiger partial charge in [-0.15, -0.1) is 0 Å². The minimum absolute atomic E-state index is 0.114. The highest BCUT2D eigenvalue weighted by Gasteiger charge is 2.36. The summed E-state index contributed by atoms with van der Waals surface area (Å²) in [5, 5.41) is 3.07. The number of amides is 1. The second kappa shape index (κ2) is 5.77. The van der Waals surface area contributed by atoms with E-state index in [1.807, 2.05) is 6.07 Å². The first-order valence-corrected chi connectivity index (χ1v) is 8.25. The predicted molar refractivity (Wildman–Crippen MR) is 86.5 cm³/mol. The van der Waals surface area contributed by atoms with E-state index in [2.05, 4.69) is 15.2 Å². The second-order valence-electron chi connectivity index (χ2n) is 6.37. The molecule has 120 valence electrons. The number of hydrogen-bond acceptors (Lipinski definition) is 4. The lowest BCUT2D eigenvalue weighted by molar-refractivity contribution is 0.0913. The Bertz CT molecular complexity index is 801. The lowest BCUT2D eigenvalue weighted by Crippen LogP contribution is -2.47. The fourth-order valence-electron chi connectivity index (χ4n) is 3.84. The molecule has 6 heteroatoms. The van der Waals surface area contributed by atoms with Crippen molar-refractivity contribution in [3.05, 3.63) is 46.5 Å². The van der Waals surface area contributed by atoms with Crippen LogP contribution in [0.25, 0.3) is 5.65 Å². The van der Waals surface area contributed by atoms with Crippen LogP contribution in [-0.2, 0) is 0 Å². The summed E-state index contributed by atoms with van der Waals surface area (Å²) in [6.45, 7) is 2.15. The van der Waals surface area contributed by atoms with Crippen molar-refractivity contribution in [2.45, 2.75) is 37.8 Å². The maximum Gasteiger partial charge on any atom is 0.270 e. The van der Waals surface area contributed by atoms with E-state index in [-0.39, 0.29) is 23.1 Å². The first-order valence-electron chi connectivity index (χ1n) is 8.25. The molecule has 0 aromatic carbocycles. The van der Waals surface area contributed by atoms with Gasteiger partial charge in [-0.05, 0) is 37.9 Å². The molecule has 2 aromatic rings. The molecule has 2 aromatic heterocycles. The van der Waals surface area contributed by atoms with Crippen LogP contribution < -0.4 is 10.9 Å². The van der Waals surface area contributed by atoms with Gasteiger partial charge in [-0.2, -0.15) is 0 Å². The topological polar surface area (TPSA) is 66.7 Å². The van der Waals surface area contributed by atoms with E-state index in [0.29, 0.717) is 11.7 Å². The number of carbonyl (C=O) groups is 1. The van der Waals surface area contributed by atoms with E-state index in [4.69, 9.17) is 0 Å². The van der Waals surface area contributed by atoms with Crippen LogP contribution in [0.1, 0.15) is 36.0 Å². The Morgan fingerprint density at radius 2 is 2.13 bits per heavy atom. The van der Waals surface area contributed by atoms with Crippen LogP contribution in [0.3, 0.4) is 0 Å². The number of piperidine rings is 1. The SMILES string of the molecule is O=C(N[C@@H]1CCN2CCCC[C@H]12)c1cnc2ccccn2c1=O. The Hall–Kier alpha value is -2.21. The van der Waals surface area contributed by atoms with E-state index in [1.165, 1.54) is 23.4 Å². The maximum atomic E-state index is 12.6. The molecule has 6 nitrogen and oxygen atoms in total. The van der Waals surface area contributed by atoms with Crippen LogP contribution in [0.2, 0.25) is 0 Å². The van der Waals surface area contributed by atoms with Crippen LogP contribution >= 0.6 is 0 Å². The zero-order valence-corrected chi connectivity index (χ0v) is 12.9. The summed E-state index contributed by atoms with van der Waals surface area (Å²) in [6, 6.07) is 5.88. The fourth-order valence-corrected chi connectivity index (χ4v) is 3.84. The average molecular weight is 312 g/mol. The van der Waals surface area contributed by atoms with Crippen molar-refractivity contribution in [3.8, 4) is 0 Å². The molecule has 1 amide bonds. The van der Waals surface area contributed by atoms with Crippen LogP contribution in [0.5, 0.6) is 0 Å². The van der Waals surface area contributed by atoms with E-state index < -0.39 is 0 Å². The number of fused-ring (bicyclic) bond motifs is 2. The predicted octanol–water partition coefficient (Wildman–Crippen LogP) is 1.05. The van der Waals surface area contributed by atoms with Gasteiger partial charge in [0.05, 0.1) is 0 Å². The van der Waals surface area contributed by atoms with Crippen molar-refractivity contribution in [2.75, 3.05) is 13.1 Å². The lowest BCUT2D eigenvalue weighted by Gasteiger charge is -2.32. The summed E-state index contributed by atoms with van der Waals surface area (Å²) < 4.78 is 1.41. The van der Waals surface area contributed by atoms with Gasteiger partial charge in [0.15, 0.2) is 0 Å². The highest BCUT2D eigenvalue weighted by molar-refractivity contribution is 5.94. The third-order valence-corrected chi connectivity index (χ3v) is 5.03. The molecule has 1 N–H and O–H groups in total. The number of aromatic nitrogens is 2. The Morgan fingerprint density at radius 1 is 1.22 bits per heavy atom. The standard InChI is InChI=1S/C17H20N4O2/c22-16(19-13-7-10-20-8-3-1-5-14(13)20)12-11-18-15-6-2-4-9-21(15)17(12)23/h2,4,6,9,11,13-14H,1,3,5,7-8,10H2,(H,19,22)/t13-,14-/m1/s1. The maximum absolute atomic E-state index is 12.6. The molecular weight excluding hydrogens is 292 g/mol. The van der Waals surface area contributed by atoms with Crippen molar-refractivity contribution in [1.29, 1.82) is 0 Å². The van der Waals surface area contributed by atoms with Gasteiger partial charge < -0.3 is 5.32 Å². The smallest absolute Gasteiger partial charge is 0.270 e. The quantitative estimate of drug-likeness (QED) is 0.900. The molecule has 0 bridgehead atoms. The highest BCUT2D eigenvalue weighted by Crippen LogP contribution is 2.27. The Morgan fingerprint density at radius 3 is 3.04 bits per heavy atom. The van der Waals surface area contributed by atoms with Crippen molar-refractivity contribution < 1.29 is 4.79 Å². The van der Waals surface area contributed by atoms with Crippen LogP contribution in [0.4, 0.5) is 0 Å². The number of nitrogens with one attached hydrogen (secondary N) is 1. The number of hydrogen-bond donors (Lipinski definition) is 1. The lowest BCUT2D eigenvalue weighted by atomic mass is 9.99. The molecule has 2 fully saturated rings. The third kappa shape index (κ3) is 2.53. The molecule has 2 aliphatic rings. The minimum Gasteiger partial charge on any atom is -0.347 e. The second-order valence-corrected chi connectivity index (χ2v) is 6.37. The average Bonchev–Trinajstić information content (AvgIpc) is 2.98. The summed E-state index contributed by atoms with van der Waals surface area (Å²) in [4.78, 5) is 31.7. The molecule has 0 saturated carbocycles. The van der Waals surface area contributed by atoms with Crippen molar-refractivity contribution in [1.82, 2.24) is 19.6 Å². The molecule has 2 atom stereocenters. The summed E-state index contributed by atoms with van der Waals surface area (Å²) >= 11 is 0. The van der Waals surface area contributed by atoms with E-state index in [1.54, 1.807) is 18.3 Å². The Balaban J connectivity index is 1.58. The summed E-state index contributed by atoms with van der Waals surface area (Å²) in [5.41, 5.74) is 0.350. The van der Waals surface area contributed by atoms with Gasteiger partial charge in [0.1, 0.15) is 11.2 Å². The first-order chi connectivity index (χ1) is 11.2. The van der Waals surface area contributed by atoms with Gasteiger partial charge in [-0.1, -0.05) is 12.5 Å². The Labute approximate surface area is 134 Å². The molecule has 4 heterocycles. The van der Waals surface area contributed by atoms with E-state index in [9.17, 15) is 9.59 Å². The molecule has 0 unspecified atom stereocenters. The molecule has 0 aliphatic carbocycles. The molecule has 2 aliphatic heterocycles. The molecular formula is C17H20N4O2. The number of nitrogens with zero attached hydrogens (tertiary/aromatic N) is 3. The highest BCUT2D eigenvalue weighted by atomic mass is 16.2. The van der Waals surface area contributed by atoms with Gasteiger partial charge in [0.25, 0.3) is 11.5 Å². The zero-order valence-electron chi connectivity index (χ0n) is 12.9. The van der Waals surface area contributed by atoms with Gasteiger partial charge in [-0.3, -0.25) is 18.9 Å².